The van der Waals surface area contributed by atoms with Crippen LogP contribution in [-0.2, 0) is 0 Å². The molecule has 1 heterocycles. The highest BCUT2D eigenvalue weighted by molar-refractivity contribution is 9.10. The molecule has 1 N–H and O–H groups in total. The number of hydrogen-bond donors (Lipinski definition) is 1. The molecule has 1 unspecified atom stereocenters. The van der Waals surface area contributed by atoms with E-state index in [9.17, 15) is 0 Å². The third-order valence-corrected chi connectivity index (χ3v) is 4.54. The molecule has 4 heteroatoms. The lowest BCUT2D eigenvalue weighted by atomic mass is 10.1. The Morgan fingerprint density at radius 3 is 2.79 bits per heavy atom. The van der Waals surface area contributed by atoms with Gasteiger partial charge in [-0.3, -0.25) is 0 Å². The van der Waals surface area contributed by atoms with Crippen LogP contribution >= 0.6 is 27.3 Å². The minimum Gasteiger partial charge on any atom is -0.495 e. The summed E-state index contributed by atoms with van der Waals surface area (Å²) in [5.74, 6) is 0.877. The van der Waals surface area contributed by atoms with Crippen molar-refractivity contribution < 1.29 is 4.74 Å². The summed E-state index contributed by atoms with van der Waals surface area (Å²) in [7, 11) is 1.71. The van der Waals surface area contributed by atoms with Gasteiger partial charge in [-0.25, -0.2) is 0 Å². The maximum atomic E-state index is 5.48. The Hall–Kier alpha value is -1.00. The van der Waals surface area contributed by atoms with Crippen LogP contribution in [0.15, 0.2) is 34.1 Å². The Morgan fingerprint density at radius 2 is 2.21 bits per heavy atom. The first-order chi connectivity index (χ1) is 9.15. The normalized spacial score (nSPS) is 12.2. The molecule has 2 rings (SSSR count). The fraction of sp³-hybridized carbons (Fsp3) is 0.333. The molecule has 0 spiro atoms. The van der Waals surface area contributed by atoms with Crippen molar-refractivity contribution >= 4 is 33.0 Å². The van der Waals surface area contributed by atoms with Crippen molar-refractivity contribution in [1.82, 2.24) is 0 Å². The van der Waals surface area contributed by atoms with E-state index in [0.29, 0.717) is 6.04 Å². The molecule has 0 saturated heterocycles. The Bertz CT molecular complexity index is 539. The van der Waals surface area contributed by atoms with Gasteiger partial charge in [0.2, 0.25) is 0 Å². The van der Waals surface area contributed by atoms with Crippen LogP contribution in [0.1, 0.15) is 29.8 Å². The molecule has 0 aliphatic carbocycles. The second-order valence-electron chi connectivity index (χ2n) is 4.42. The van der Waals surface area contributed by atoms with E-state index in [1.54, 1.807) is 18.4 Å². The van der Waals surface area contributed by atoms with Crippen LogP contribution < -0.4 is 10.1 Å². The number of benzene rings is 1. The zero-order valence-electron chi connectivity index (χ0n) is 11.4. The summed E-state index contributed by atoms with van der Waals surface area (Å²) in [6.07, 6.45) is 1.04. The molecule has 19 heavy (non-hydrogen) atoms. The van der Waals surface area contributed by atoms with E-state index in [4.69, 9.17) is 4.74 Å². The first kappa shape index (κ1) is 14.4. The standard InChI is InChI=1S/C15H18BrNOS/c1-4-12(14-6-5-7-19-14)17-15-10(2)8-11(16)9-13(15)18-3/h5-9,12,17H,4H2,1-3H3. The molecule has 2 aromatic rings. The van der Waals surface area contributed by atoms with Crippen LogP contribution in [0, 0.1) is 6.92 Å². The summed E-state index contributed by atoms with van der Waals surface area (Å²) in [5.41, 5.74) is 2.26. The molecule has 0 aliphatic rings. The van der Waals surface area contributed by atoms with E-state index in [0.717, 1.165) is 22.3 Å². The lowest BCUT2D eigenvalue weighted by Crippen LogP contribution is -2.10. The molecule has 1 atom stereocenters. The van der Waals surface area contributed by atoms with Gasteiger partial charge in [0.15, 0.2) is 0 Å². The van der Waals surface area contributed by atoms with Gasteiger partial charge in [-0.2, -0.15) is 0 Å². The van der Waals surface area contributed by atoms with Gasteiger partial charge in [-0.15, -0.1) is 11.3 Å². The predicted octanol–water partition coefficient (Wildman–Crippen LogP) is 5.39. The number of nitrogens with one attached hydrogen (secondary N) is 1. The summed E-state index contributed by atoms with van der Waals surface area (Å²) in [6, 6.07) is 8.69. The number of ether oxygens (including phenoxy) is 1. The number of rotatable bonds is 5. The molecule has 0 fully saturated rings. The second kappa shape index (κ2) is 6.44. The maximum absolute atomic E-state index is 5.48. The molecule has 0 saturated carbocycles. The number of hydrogen-bond acceptors (Lipinski definition) is 3. The van der Waals surface area contributed by atoms with E-state index in [-0.39, 0.29) is 0 Å². The Labute approximate surface area is 126 Å². The quantitative estimate of drug-likeness (QED) is 0.788. The van der Waals surface area contributed by atoms with E-state index in [1.807, 2.05) is 6.07 Å². The van der Waals surface area contributed by atoms with Crippen LogP contribution in [0.5, 0.6) is 5.75 Å². The summed E-state index contributed by atoms with van der Waals surface area (Å²) >= 11 is 5.29. The SMILES string of the molecule is CCC(Nc1c(C)cc(Br)cc1OC)c1cccs1. The van der Waals surface area contributed by atoms with E-state index in [2.05, 4.69) is 58.7 Å². The highest BCUT2D eigenvalue weighted by Gasteiger charge is 2.15. The van der Waals surface area contributed by atoms with Gasteiger partial charge >= 0.3 is 0 Å². The topological polar surface area (TPSA) is 21.3 Å². The first-order valence-electron chi connectivity index (χ1n) is 6.29. The Morgan fingerprint density at radius 1 is 1.42 bits per heavy atom. The fourth-order valence-electron chi connectivity index (χ4n) is 2.10. The molecule has 1 aromatic carbocycles. The number of aryl methyl sites for hydroxylation is 1. The Kier molecular flexibility index (Phi) is 4.88. The van der Waals surface area contributed by atoms with Crippen LogP contribution in [-0.4, -0.2) is 7.11 Å². The van der Waals surface area contributed by atoms with Gasteiger partial charge in [-0.1, -0.05) is 28.9 Å². The van der Waals surface area contributed by atoms with Crippen molar-refractivity contribution in [2.24, 2.45) is 0 Å². The molecular formula is C15H18BrNOS. The monoisotopic (exact) mass is 339 g/mol. The average Bonchev–Trinajstić information content (AvgIpc) is 2.91. The Balaban J connectivity index is 2.32. The predicted molar refractivity (Wildman–Crippen MR) is 86.4 cm³/mol. The molecule has 0 bridgehead atoms. The minimum absolute atomic E-state index is 0.328. The zero-order chi connectivity index (χ0) is 13.8. The van der Waals surface area contributed by atoms with Crippen LogP contribution in [0.2, 0.25) is 0 Å². The van der Waals surface area contributed by atoms with E-state index >= 15 is 0 Å². The number of methoxy groups -OCH3 is 1. The lowest BCUT2D eigenvalue weighted by Gasteiger charge is -2.21. The molecule has 2 nitrogen and oxygen atoms in total. The number of anilines is 1. The van der Waals surface area contributed by atoms with Crippen LogP contribution in [0.4, 0.5) is 5.69 Å². The van der Waals surface area contributed by atoms with E-state index in [1.165, 1.54) is 10.4 Å². The van der Waals surface area contributed by atoms with Crippen LogP contribution in [0.3, 0.4) is 0 Å². The molecule has 1 aromatic heterocycles. The summed E-state index contributed by atoms with van der Waals surface area (Å²) < 4.78 is 6.52. The van der Waals surface area contributed by atoms with Gasteiger partial charge in [0.05, 0.1) is 18.8 Å². The first-order valence-corrected chi connectivity index (χ1v) is 7.97. The molecular weight excluding hydrogens is 322 g/mol. The molecule has 0 amide bonds. The van der Waals surface area contributed by atoms with Crippen molar-refractivity contribution in [3.8, 4) is 5.75 Å². The van der Waals surface area contributed by atoms with Gasteiger partial charge in [-0.05, 0) is 42.5 Å². The second-order valence-corrected chi connectivity index (χ2v) is 6.32. The minimum atomic E-state index is 0.328. The summed E-state index contributed by atoms with van der Waals surface area (Å²) in [5, 5.41) is 5.73. The van der Waals surface area contributed by atoms with Crippen molar-refractivity contribution in [1.29, 1.82) is 0 Å². The van der Waals surface area contributed by atoms with Crippen molar-refractivity contribution in [2.45, 2.75) is 26.3 Å². The third-order valence-electron chi connectivity index (χ3n) is 3.10. The number of thiophene rings is 1. The molecule has 102 valence electrons. The summed E-state index contributed by atoms with van der Waals surface area (Å²) in [4.78, 5) is 1.35. The fourth-order valence-corrected chi connectivity index (χ4v) is 3.51. The van der Waals surface area contributed by atoms with Gasteiger partial charge in [0.1, 0.15) is 5.75 Å². The molecule has 0 aliphatic heterocycles. The highest BCUT2D eigenvalue weighted by Crippen LogP contribution is 2.36. The van der Waals surface area contributed by atoms with Gasteiger partial charge in [0, 0.05) is 9.35 Å². The summed E-state index contributed by atoms with van der Waals surface area (Å²) in [6.45, 7) is 4.29. The van der Waals surface area contributed by atoms with Crippen molar-refractivity contribution in [2.75, 3.05) is 12.4 Å². The van der Waals surface area contributed by atoms with Crippen LogP contribution in [0.25, 0.3) is 0 Å². The van der Waals surface area contributed by atoms with E-state index < -0.39 is 0 Å². The largest absolute Gasteiger partial charge is 0.495 e. The number of halogens is 1. The average molecular weight is 340 g/mol. The molecule has 0 radical (unpaired) electrons. The maximum Gasteiger partial charge on any atom is 0.143 e. The van der Waals surface area contributed by atoms with Gasteiger partial charge < -0.3 is 10.1 Å². The van der Waals surface area contributed by atoms with Crippen molar-refractivity contribution in [3.63, 3.8) is 0 Å². The highest BCUT2D eigenvalue weighted by atomic mass is 79.9. The third kappa shape index (κ3) is 3.31. The lowest BCUT2D eigenvalue weighted by molar-refractivity contribution is 0.415. The zero-order valence-corrected chi connectivity index (χ0v) is 13.8. The van der Waals surface area contributed by atoms with Gasteiger partial charge in [0.25, 0.3) is 0 Å². The van der Waals surface area contributed by atoms with Crippen molar-refractivity contribution in [3.05, 3.63) is 44.6 Å². The smallest absolute Gasteiger partial charge is 0.143 e.